The number of carbonyl (C=O) groups is 2. The first kappa shape index (κ1) is 22.0. The van der Waals surface area contributed by atoms with Crippen molar-refractivity contribution in [2.75, 3.05) is 43.5 Å². The minimum absolute atomic E-state index is 0.00286. The van der Waals surface area contributed by atoms with Crippen LogP contribution in [0.3, 0.4) is 0 Å². The Balaban J connectivity index is 1.43. The molecule has 1 aromatic heterocycles. The third-order valence-corrected chi connectivity index (χ3v) is 6.19. The molecule has 2 aromatic rings. The lowest BCUT2D eigenvalue weighted by molar-refractivity contribution is -0.133. The van der Waals surface area contributed by atoms with Crippen LogP contribution in [0.1, 0.15) is 38.6 Å². The molecule has 162 valence electrons. The van der Waals surface area contributed by atoms with E-state index in [4.69, 9.17) is 4.74 Å². The summed E-state index contributed by atoms with van der Waals surface area (Å²) in [5.41, 5.74) is 0.983. The summed E-state index contributed by atoms with van der Waals surface area (Å²) in [4.78, 5) is 28.8. The van der Waals surface area contributed by atoms with Gasteiger partial charge in [0.2, 0.25) is 16.9 Å². The molecule has 0 saturated carbocycles. The maximum absolute atomic E-state index is 12.5. The number of nitrogens with zero attached hydrogens (tertiary/aromatic N) is 4. The Kier molecular flexibility index (Phi) is 6.91. The highest BCUT2D eigenvalue weighted by Gasteiger charge is 2.23. The molecule has 0 aliphatic carbocycles. The van der Waals surface area contributed by atoms with Gasteiger partial charge in [0.1, 0.15) is 10.8 Å². The average molecular weight is 432 g/mol. The molecule has 0 radical (unpaired) electrons. The fraction of sp³-hybridized carbons (Fsp3) is 0.524. The van der Waals surface area contributed by atoms with Gasteiger partial charge in [-0.05, 0) is 12.1 Å². The molecule has 2 heterocycles. The number of anilines is 2. The second kappa shape index (κ2) is 9.42. The summed E-state index contributed by atoms with van der Waals surface area (Å²) < 4.78 is 5.28. The summed E-state index contributed by atoms with van der Waals surface area (Å²) in [6.07, 6.45) is 0.329. The number of piperazine rings is 1. The van der Waals surface area contributed by atoms with Gasteiger partial charge in [0.15, 0.2) is 0 Å². The Morgan fingerprint density at radius 1 is 1.13 bits per heavy atom. The molecular weight excluding hydrogens is 402 g/mol. The maximum atomic E-state index is 12.5. The molecule has 2 amide bonds. The van der Waals surface area contributed by atoms with E-state index in [1.807, 2.05) is 49.9 Å². The largest absolute Gasteiger partial charge is 0.497 e. The molecule has 1 aliphatic heterocycles. The van der Waals surface area contributed by atoms with E-state index in [0.29, 0.717) is 18.2 Å². The van der Waals surface area contributed by atoms with Crippen molar-refractivity contribution in [2.24, 2.45) is 0 Å². The minimum atomic E-state index is -0.213. The molecule has 0 unspecified atom stereocenters. The lowest BCUT2D eigenvalue weighted by atomic mass is 9.98. The Labute approximate surface area is 181 Å². The first-order valence-electron chi connectivity index (χ1n) is 10.1. The summed E-state index contributed by atoms with van der Waals surface area (Å²) in [7, 11) is 1.65. The van der Waals surface area contributed by atoms with Crippen LogP contribution < -0.4 is 15.0 Å². The molecule has 30 heavy (non-hydrogen) atoms. The van der Waals surface area contributed by atoms with Gasteiger partial charge in [0.25, 0.3) is 0 Å². The molecular formula is C21H29N5O3S. The van der Waals surface area contributed by atoms with Crippen molar-refractivity contribution < 1.29 is 14.3 Å². The van der Waals surface area contributed by atoms with Gasteiger partial charge >= 0.3 is 0 Å². The third-order valence-electron chi connectivity index (χ3n) is 4.93. The van der Waals surface area contributed by atoms with E-state index in [1.54, 1.807) is 7.11 Å². The van der Waals surface area contributed by atoms with Crippen LogP contribution in [0.5, 0.6) is 5.75 Å². The molecule has 1 N–H and O–H groups in total. The lowest BCUT2D eigenvalue weighted by Crippen LogP contribution is -2.48. The van der Waals surface area contributed by atoms with Crippen molar-refractivity contribution in [2.45, 2.75) is 39.0 Å². The number of aromatic nitrogens is 2. The Hall–Kier alpha value is -2.68. The summed E-state index contributed by atoms with van der Waals surface area (Å²) in [6.45, 7) is 8.94. The van der Waals surface area contributed by atoms with Crippen molar-refractivity contribution in [1.82, 2.24) is 15.1 Å². The summed E-state index contributed by atoms with van der Waals surface area (Å²) >= 11 is 1.37. The fourth-order valence-corrected chi connectivity index (χ4v) is 3.98. The van der Waals surface area contributed by atoms with Crippen molar-refractivity contribution in [3.05, 3.63) is 29.3 Å². The summed E-state index contributed by atoms with van der Waals surface area (Å²) in [6, 6.07) is 7.93. The van der Waals surface area contributed by atoms with Gasteiger partial charge in [-0.2, -0.15) is 0 Å². The number of methoxy groups -OCH3 is 1. The van der Waals surface area contributed by atoms with E-state index >= 15 is 0 Å². The van der Waals surface area contributed by atoms with E-state index in [9.17, 15) is 9.59 Å². The zero-order valence-electron chi connectivity index (χ0n) is 18.0. The number of nitrogens with one attached hydrogen (secondary N) is 1. The summed E-state index contributed by atoms with van der Waals surface area (Å²) in [5.74, 6) is 0.611. The molecule has 1 saturated heterocycles. The SMILES string of the molecule is COc1cccc(N2CCN(C(=O)CCC(=O)Nc3nnc(C(C)(C)C)s3)CC2)c1. The molecule has 9 heteroatoms. The molecule has 1 aliphatic rings. The second-order valence-corrected chi connectivity index (χ2v) is 9.26. The Morgan fingerprint density at radius 3 is 2.50 bits per heavy atom. The minimum Gasteiger partial charge on any atom is -0.497 e. The zero-order chi connectivity index (χ0) is 21.7. The quantitative estimate of drug-likeness (QED) is 0.757. The van der Waals surface area contributed by atoms with Crippen LogP contribution in [0.25, 0.3) is 0 Å². The summed E-state index contributed by atoms with van der Waals surface area (Å²) in [5, 5.41) is 12.2. The van der Waals surface area contributed by atoms with E-state index in [2.05, 4.69) is 20.4 Å². The van der Waals surface area contributed by atoms with Gasteiger partial charge in [-0.1, -0.05) is 38.2 Å². The number of benzene rings is 1. The van der Waals surface area contributed by atoms with Gasteiger partial charge in [-0.3, -0.25) is 9.59 Å². The number of hydrogen-bond acceptors (Lipinski definition) is 7. The molecule has 1 aromatic carbocycles. The van der Waals surface area contributed by atoms with Gasteiger partial charge in [0, 0.05) is 56.2 Å². The fourth-order valence-electron chi connectivity index (χ4n) is 3.16. The standard InChI is InChI=1S/C21H29N5O3S/c1-21(2,3)19-23-24-20(30-19)22-17(27)8-9-18(28)26-12-10-25(11-13-26)15-6-5-7-16(14-15)29-4/h5-7,14H,8-13H2,1-4H3,(H,22,24,27). The first-order chi connectivity index (χ1) is 14.3. The molecule has 8 nitrogen and oxygen atoms in total. The van der Waals surface area contributed by atoms with Gasteiger partial charge < -0.3 is 19.9 Å². The molecule has 3 rings (SSSR count). The van der Waals surface area contributed by atoms with Crippen molar-refractivity contribution in [1.29, 1.82) is 0 Å². The van der Waals surface area contributed by atoms with Crippen LogP contribution in [-0.4, -0.2) is 60.2 Å². The Morgan fingerprint density at radius 2 is 1.87 bits per heavy atom. The van der Waals surface area contributed by atoms with Crippen LogP contribution in [0, 0.1) is 0 Å². The number of carbonyl (C=O) groups excluding carboxylic acids is 2. The highest BCUT2D eigenvalue weighted by Crippen LogP contribution is 2.27. The first-order valence-corrected chi connectivity index (χ1v) is 10.9. The normalized spacial score (nSPS) is 14.5. The predicted molar refractivity (Wildman–Crippen MR) is 118 cm³/mol. The Bertz CT molecular complexity index is 885. The van der Waals surface area contributed by atoms with Crippen LogP contribution in [-0.2, 0) is 15.0 Å². The van der Waals surface area contributed by atoms with E-state index < -0.39 is 0 Å². The number of ether oxygens (including phenoxy) is 1. The zero-order valence-corrected chi connectivity index (χ0v) is 18.8. The van der Waals surface area contributed by atoms with Crippen LogP contribution in [0.15, 0.2) is 24.3 Å². The van der Waals surface area contributed by atoms with Crippen molar-refractivity contribution >= 4 is 34.0 Å². The highest BCUT2D eigenvalue weighted by molar-refractivity contribution is 7.15. The van der Waals surface area contributed by atoms with Crippen LogP contribution in [0.4, 0.5) is 10.8 Å². The topological polar surface area (TPSA) is 87.7 Å². The van der Waals surface area contributed by atoms with Crippen molar-refractivity contribution in [3.8, 4) is 5.75 Å². The van der Waals surface area contributed by atoms with Gasteiger partial charge in [-0.25, -0.2) is 0 Å². The molecule has 0 bridgehead atoms. The third kappa shape index (κ3) is 5.69. The maximum Gasteiger partial charge on any atom is 0.226 e. The monoisotopic (exact) mass is 431 g/mol. The number of hydrogen-bond donors (Lipinski definition) is 1. The molecule has 0 spiro atoms. The van der Waals surface area contributed by atoms with Gasteiger partial charge in [0.05, 0.1) is 7.11 Å². The lowest BCUT2D eigenvalue weighted by Gasteiger charge is -2.36. The van der Waals surface area contributed by atoms with Gasteiger partial charge in [-0.15, -0.1) is 10.2 Å². The molecule has 0 atom stereocenters. The highest BCUT2D eigenvalue weighted by atomic mass is 32.1. The molecule has 1 fully saturated rings. The van der Waals surface area contributed by atoms with E-state index in [-0.39, 0.29) is 30.1 Å². The number of amides is 2. The average Bonchev–Trinajstić information content (AvgIpc) is 3.21. The smallest absolute Gasteiger partial charge is 0.226 e. The van der Waals surface area contributed by atoms with Crippen LogP contribution >= 0.6 is 11.3 Å². The van der Waals surface area contributed by atoms with E-state index in [1.165, 1.54) is 11.3 Å². The number of rotatable bonds is 6. The van der Waals surface area contributed by atoms with Crippen molar-refractivity contribution in [3.63, 3.8) is 0 Å². The second-order valence-electron chi connectivity index (χ2n) is 8.28. The van der Waals surface area contributed by atoms with E-state index in [0.717, 1.165) is 29.5 Å². The predicted octanol–water partition coefficient (Wildman–Crippen LogP) is 2.91. The van der Waals surface area contributed by atoms with Crippen LogP contribution in [0.2, 0.25) is 0 Å².